The van der Waals surface area contributed by atoms with Gasteiger partial charge in [-0.25, -0.2) is 0 Å². The van der Waals surface area contributed by atoms with Crippen LogP contribution in [0.4, 0.5) is 11.4 Å². The molecule has 3 aromatic carbocycles. The second kappa shape index (κ2) is 11.0. The predicted octanol–water partition coefficient (Wildman–Crippen LogP) is 5.26. The molecule has 2 amide bonds. The molecule has 166 valence electrons. The Kier molecular flexibility index (Phi) is 7.92. The van der Waals surface area contributed by atoms with Gasteiger partial charge in [0, 0.05) is 5.69 Å². The van der Waals surface area contributed by atoms with E-state index in [0.717, 1.165) is 0 Å². The van der Waals surface area contributed by atoms with Crippen molar-refractivity contribution in [3.8, 4) is 17.6 Å². The summed E-state index contributed by atoms with van der Waals surface area (Å²) in [6.07, 6.45) is 1.37. The summed E-state index contributed by atoms with van der Waals surface area (Å²) in [5, 5.41) is 24.5. The number of hydrogen-bond acceptors (Lipinski definition) is 5. The van der Waals surface area contributed by atoms with Crippen LogP contribution in [0.2, 0.25) is 10.0 Å². The van der Waals surface area contributed by atoms with E-state index in [1.165, 1.54) is 42.5 Å². The van der Waals surface area contributed by atoms with Gasteiger partial charge in [-0.15, -0.1) is 0 Å². The molecule has 33 heavy (non-hydrogen) atoms. The van der Waals surface area contributed by atoms with E-state index in [9.17, 15) is 20.0 Å². The third-order valence-corrected chi connectivity index (χ3v) is 4.89. The van der Waals surface area contributed by atoms with E-state index in [-0.39, 0.29) is 28.7 Å². The summed E-state index contributed by atoms with van der Waals surface area (Å²) in [7, 11) is 0. The fraction of sp³-hybridized carbons (Fsp3) is 0.0417. The molecule has 0 unspecified atom stereocenters. The SMILES string of the molecule is N#C/C(=C\c1ccc(OCC(=O)Nc2ccccc2Cl)c(Cl)c1)C(=O)Nc1ccc(O)cc1. The number of amides is 2. The lowest BCUT2D eigenvalue weighted by Gasteiger charge is -2.10. The minimum Gasteiger partial charge on any atom is -0.508 e. The number of phenolic OH excluding ortho intramolecular Hbond substituents is 1. The first-order valence-electron chi connectivity index (χ1n) is 9.54. The van der Waals surface area contributed by atoms with Crippen molar-refractivity contribution in [1.82, 2.24) is 0 Å². The number of nitriles is 1. The number of aromatic hydroxyl groups is 1. The third kappa shape index (κ3) is 6.74. The van der Waals surface area contributed by atoms with Gasteiger partial charge >= 0.3 is 0 Å². The van der Waals surface area contributed by atoms with Gasteiger partial charge in [0.05, 0.1) is 15.7 Å². The number of anilines is 2. The Morgan fingerprint density at radius 2 is 1.73 bits per heavy atom. The predicted molar refractivity (Wildman–Crippen MR) is 127 cm³/mol. The minimum atomic E-state index is -0.615. The highest BCUT2D eigenvalue weighted by molar-refractivity contribution is 6.33. The number of nitrogens with one attached hydrogen (secondary N) is 2. The zero-order chi connectivity index (χ0) is 23.8. The van der Waals surface area contributed by atoms with Crippen LogP contribution in [0.3, 0.4) is 0 Å². The Morgan fingerprint density at radius 3 is 2.39 bits per heavy atom. The molecule has 3 N–H and O–H groups in total. The Hall–Kier alpha value is -3.99. The fourth-order valence-corrected chi connectivity index (χ4v) is 3.10. The highest BCUT2D eigenvalue weighted by Gasteiger charge is 2.12. The molecule has 0 saturated carbocycles. The van der Waals surface area contributed by atoms with Crippen LogP contribution >= 0.6 is 23.2 Å². The Labute approximate surface area is 199 Å². The number of hydrogen-bond donors (Lipinski definition) is 3. The van der Waals surface area contributed by atoms with Crippen molar-refractivity contribution in [3.63, 3.8) is 0 Å². The zero-order valence-electron chi connectivity index (χ0n) is 17.0. The molecular formula is C24H17Cl2N3O4. The lowest BCUT2D eigenvalue weighted by Crippen LogP contribution is -2.20. The van der Waals surface area contributed by atoms with Gasteiger partial charge in [-0.05, 0) is 60.2 Å². The van der Waals surface area contributed by atoms with Crippen LogP contribution in [0, 0.1) is 11.3 Å². The molecule has 3 rings (SSSR count). The Morgan fingerprint density at radius 1 is 1.00 bits per heavy atom. The molecule has 0 aliphatic rings. The van der Waals surface area contributed by atoms with E-state index in [2.05, 4.69) is 10.6 Å². The monoisotopic (exact) mass is 481 g/mol. The van der Waals surface area contributed by atoms with Crippen LogP contribution in [-0.4, -0.2) is 23.5 Å². The molecule has 0 atom stereocenters. The average molecular weight is 482 g/mol. The van der Waals surface area contributed by atoms with Gasteiger partial charge in [0.15, 0.2) is 6.61 Å². The van der Waals surface area contributed by atoms with E-state index in [1.54, 1.807) is 30.3 Å². The van der Waals surface area contributed by atoms with E-state index < -0.39 is 11.8 Å². The molecule has 3 aromatic rings. The largest absolute Gasteiger partial charge is 0.508 e. The highest BCUT2D eigenvalue weighted by atomic mass is 35.5. The lowest BCUT2D eigenvalue weighted by molar-refractivity contribution is -0.118. The van der Waals surface area contributed by atoms with Gasteiger partial charge in [0.2, 0.25) is 0 Å². The van der Waals surface area contributed by atoms with Crippen molar-refractivity contribution >= 4 is 52.5 Å². The Balaban J connectivity index is 1.63. The second-order valence-electron chi connectivity index (χ2n) is 6.68. The molecule has 0 fully saturated rings. The quantitative estimate of drug-likeness (QED) is 0.242. The molecule has 9 heteroatoms. The second-order valence-corrected chi connectivity index (χ2v) is 7.49. The number of phenols is 1. The summed E-state index contributed by atoms with van der Waals surface area (Å²) in [5.74, 6) is -0.714. The molecule has 7 nitrogen and oxygen atoms in total. The fourth-order valence-electron chi connectivity index (χ4n) is 2.67. The van der Waals surface area contributed by atoms with Crippen LogP contribution in [-0.2, 0) is 9.59 Å². The zero-order valence-corrected chi connectivity index (χ0v) is 18.5. The van der Waals surface area contributed by atoms with Crippen molar-refractivity contribution in [3.05, 3.63) is 87.9 Å². The summed E-state index contributed by atoms with van der Waals surface area (Å²) in [6.45, 7) is -0.293. The van der Waals surface area contributed by atoms with Gasteiger partial charge < -0.3 is 20.5 Å². The number of rotatable bonds is 7. The van der Waals surface area contributed by atoms with Gasteiger partial charge in [0.25, 0.3) is 11.8 Å². The van der Waals surface area contributed by atoms with Crippen molar-refractivity contribution < 1.29 is 19.4 Å². The topological polar surface area (TPSA) is 111 Å². The summed E-state index contributed by atoms with van der Waals surface area (Å²) < 4.78 is 5.46. The number of ether oxygens (including phenoxy) is 1. The maximum Gasteiger partial charge on any atom is 0.266 e. The van der Waals surface area contributed by atoms with Gasteiger partial charge in [-0.1, -0.05) is 41.4 Å². The number of nitrogens with zero attached hydrogens (tertiary/aromatic N) is 1. The number of carbonyl (C=O) groups excluding carboxylic acids is 2. The number of para-hydroxylation sites is 1. The molecule has 0 spiro atoms. The molecule has 0 bridgehead atoms. The van der Waals surface area contributed by atoms with Crippen LogP contribution in [0.25, 0.3) is 6.08 Å². The van der Waals surface area contributed by atoms with E-state index >= 15 is 0 Å². The normalized spacial score (nSPS) is 10.8. The van der Waals surface area contributed by atoms with Gasteiger partial charge in [-0.3, -0.25) is 9.59 Å². The number of carbonyl (C=O) groups is 2. The smallest absolute Gasteiger partial charge is 0.266 e. The van der Waals surface area contributed by atoms with Crippen LogP contribution in [0.1, 0.15) is 5.56 Å². The molecule has 0 aliphatic heterocycles. The molecule has 0 heterocycles. The van der Waals surface area contributed by atoms with Gasteiger partial charge in [-0.2, -0.15) is 5.26 Å². The van der Waals surface area contributed by atoms with Crippen molar-refractivity contribution in [2.24, 2.45) is 0 Å². The highest BCUT2D eigenvalue weighted by Crippen LogP contribution is 2.27. The average Bonchev–Trinajstić information content (AvgIpc) is 2.80. The third-order valence-electron chi connectivity index (χ3n) is 4.26. The lowest BCUT2D eigenvalue weighted by atomic mass is 10.1. The molecular weight excluding hydrogens is 465 g/mol. The van der Waals surface area contributed by atoms with E-state index in [0.29, 0.717) is 22.0 Å². The maximum absolute atomic E-state index is 12.4. The standard InChI is InChI=1S/C24H17Cl2N3O4/c25-19-3-1-2-4-21(19)29-23(31)14-33-22-10-5-15(12-20(22)26)11-16(13-27)24(32)28-17-6-8-18(30)9-7-17/h1-12,30H,14H2,(H,28,32)(H,29,31)/b16-11+. The molecule has 0 aromatic heterocycles. The summed E-state index contributed by atoms with van der Waals surface area (Å²) in [6, 6.07) is 19.1. The number of benzene rings is 3. The van der Waals surface area contributed by atoms with E-state index in [4.69, 9.17) is 27.9 Å². The Bertz CT molecular complexity index is 1250. The maximum atomic E-state index is 12.4. The van der Waals surface area contributed by atoms with Crippen LogP contribution in [0.5, 0.6) is 11.5 Å². The number of halogens is 2. The first-order chi connectivity index (χ1) is 15.9. The van der Waals surface area contributed by atoms with Crippen molar-refractivity contribution in [1.29, 1.82) is 5.26 Å². The molecule has 0 radical (unpaired) electrons. The summed E-state index contributed by atoms with van der Waals surface area (Å²) in [5.41, 5.74) is 1.24. The van der Waals surface area contributed by atoms with Crippen LogP contribution in [0.15, 0.2) is 72.3 Å². The minimum absolute atomic E-state index is 0.0577. The van der Waals surface area contributed by atoms with Crippen molar-refractivity contribution in [2.75, 3.05) is 17.2 Å². The summed E-state index contributed by atoms with van der Waals surface area (Å²) >= 11 is 12.2. The first-order valence-corrected chi connectivity index (χ1v) is 10.3. The molecule has 0 aliphatic carbocycles. The molecule has 0 saturated heterocycles. The van der Waals surface area contributed by atoms with Crippen LogP contribution < -0.4 is 15.4 Å². The van der Waals surface area contributed by atoms with E-state index in [1.807, 2.05) is 6.07 Å². The summed E-state index contributed by atoms with van der Waals surface area (Å²) in [4.78, 5) is 24.5. The van der Waals surface area contributed by atoms with Gasteiger partial charge in [0.1, 0.15) is 23.1 Å². The van der Waals surface area contributed by atoms with Crippen molar-refractivity contribution in [2.45, 2.75) is 0 Å². The first kappa shape index (κ1) is 23.7.